The number of rotatable bonds is 15. The summed E-state index contributed by atoms with van der Waals surface area (Å²) >= 11 is 0. The second-order valence-corrected chi connectivity index (χ2v) is 23.8. The normalized spacial score (nSPS) is 15.3. The van der Waals surface area contributed by atoms with Crippen LogP contribution in [0.3, 0.4) is 0 Å². The number of carbonyl (C=O) groups is 1. The van der Waals surface area contributed by atoms with Gasteiger partial charge in [-0.2, -0.15) is 57.1 Å². The third-order valence-corrected chi connectivity index (χ3v) is 14.4. The van der Waals surface area contributed by atoms with E-state index in [1.54, 1.807) is 0 Å². The lowest BCUT2D eigenvalue weighted by molar-refractivity contribution is -0.440. The van der Waals surface area contributed by atoms with Gasteiger partial charge in [0.05, 0.1) is 13.0 Å². The minimum absolute atomic E-state index is 0.172. The molecule has 0 aliphatic rings. The molecule has 0 atom stereocenters. The molecule has 0 aliphatic heterocycles. The van der Waals surface area contributed by atoms with Gasteiger partial charge in [0.1, 0.15) is 0 Å². The first-order chi connectivity index (χ1) is 17.3. The fraction of sp³-hybridized carbons (Fsp3) is 0.947. The summed E-state index contributed by atoms with van der Waals surface area (Å²) in [6.07, 6.45) is -11.4. The van der Waals surface area contributed by atoms with E-state index >= 15 is 0 Å². The number of hydrogen-bond acceptors (Lipinski definition) is 4. The summed E-state index contributed by atoms with van der Waals surface area (Å²) < 4.78 is 187. The van der Waals surface area contributed by atoms with E-state index in [1.807, 2.05) is 51.1 Å². The molecule has 1 amide bonds. The van der Waals surface area contributed by atoms with Crippen LogP contribution in [0.1, 0.15) is 12.8 Å². The van der Waals surface area contributed by atoms with Gasteiger partial charge >= 0.3 is 50.4 Å². The largest absolute Gasteiger partial charge is 0.460 e. The van der Waals surface area contributed by atoms with Crippen LogP contribution in [0.5, 0.6) is 0 Å². The Kier molecular flexibility index (Phi) is 11.9. The SMILES string of the molecule is C[Si](C)(C)O[Si](C)(CCCNC(=O)OCCC(F)(F)C(F)(F)C(F)(F)C(F)(F)C(F)(F)C(F)(F)F)O[Si](C)(C)C. The van der Waals surface area contributed by atoms with Crippen molar-refractivity contribution in [2.75, 3.05) is 13.2 Å². The summed E-state index contributed by atoms with van der Waals surface area (Å²) in [7, 11) is -6.84. The zero-order chi connectivity index (χ0) is 32.4. The van der Waals surface area contributed by atoms with Crippen molar-refractivity contribution in [1.82, 2.24) is 5.32 Å². The fourth-order valence-electron chi connectivity index (χ4n) is 3.30. The van der Waals surface area contributed by atoms with Gasteiger partial charge < -0.3 is 18.3 Å². The lowest BCUT2D eigenvalue weighted by Crippen LogP contribution is -2.70. The Hall–Kier alpha value is -1.07. The van der Waals surface area contributed by atoms with E-state index in [-0.39, 0.29) is 13.0 Å². The molecule has 0 aromatic rings. The lowest BCUT2D eigenvalue weighted by Gasteiger charge is -2.39. The molecule has 0 aromatic carbocycles. The molecule has 0 rings (SSSR count). The van der Waals surface area contributed by atoms with Crippen molar-refractivity contribution in [2.24, 2.45) is 0 Å². The molecule has 5 nitrogen and oxygen atoms in total. The van der Waals surface area contributed by atoms with Crippen LogP contribution in [-0.4, -0.2) is 80.2 Å². The number of hydrogen-bond donors (Lipinski definition) is 1. The number of carbonyl (C=O) groups excluding carboxylic acids is 1. The molecule has 240 valence electrons. The van der Waals surface area contributed by atoms with Crippen molar-refractivity contribution in [3.63, 3.8) is 0 Å². The monoisotopic (exact) mass is 669 g/mol. The predicted molar refractivity (Wildman–Crippen MR) is 125 cm³/mol. The third-order valence-electron chi connectivity index (χ3n) is 4.77. The number of halogens is 13. The van der Waals surface area contributed by atoms with Crippen molar-refractivity contribution in [3.8, 4) is 0 Å². The first-order valence-corrected chi connectivity index (χ1v) is 20.9. The van der Waals surface area contributed by atoms with Crippen LogP contribution in [0.2, 0.25) is 51.9 Å². The van der Waals surface area contributed by atoms with Gasteiger partial charge in [-0.05, 0) is 58.3 Å². The quantitative estimate of drug-likeness (QED) is 0.109. The Morgan fingerprint density at radius 1 is 0.650 bits per heavy atom. The summed E-state index contributed by atoms with van der Waals surface area (Å²) in [5.41, 5.74) is 0. The Bertz CT molecular complexity index is 844. The van der Waals surface area contributed by atoms with Crippen LogP contribution >= 0.6 is 0 Å². The minimum Gasteiger partial charge on any atom is -0.449 e. The number of ether oxygens (including phenoxy) is 1. The number of alkyl halides is 13. The summed E-state index contributed by atoms with van der Waals surface area (Å²) in [6.45, 7) is 11.4. The highest BCUT2D eigenvalue weighted by atomic mass is 28.5. The summed E-state index contributed by atoms with van der Waals surface area (Å²) in [5.74, 6) is -37.4. The molecule has 1 N–H and O–H groups in total. The Morgan fingerprint density at radius 2 is 1.05 bits per heavy atom. The molecule has 0 fully saturated rings. The summed E-state index contributed by atoms with van der Waals surface area (Å²) in [5, 5.41) is 2.04. The lowest BCUT2D eigenvalue weighted by atomic mass is 9.93. The van der Waals surface area contributed by atoms with E-state index in [1.165, 1.54) is 0 Å². The highest BCUT2D eigenvalue weighted by molar-refractivity contribution is 6.87. The molecule has 0 saturated carbocycles. The van der Waals surface area contributed by atoms with E-state index < -0.39 is 80.1 Å². The van der Waals surface area contributed by atoms with Crippen LogP contribution in [0, 0.1) is 0 Å². The van der Waals surface area contributed by atoms with Crippen LogP contribution in [-0.2, 0) is 13.0 Å². The van der Waals surface area contributed by atoms with E-state index in [2.05, 4.69) is 4.74 Å². The number of amides is 1. The molecule has 0 heterocycles. The van der Waals surface area contributed by atoms with Gasteiger partial charge in [-0.25, -0.2) is 4.79 Å². The van der Waals surface area contributed by atoms with E-state index in [0.717, 1.165) is 0 Å². The topological polar surface area (TPSA) is 56.8 Å². The standard InChI is InChI=1S/C19H32F13NO4Si3/c1-38(2,3)36-40(7,37-39(4,5)6)12-8-10-33-13(34)35-11-9-14(20,21)15(22,23)16(24,25)17(26,27)18(28,29)19(30,31)32/h8-12H2,1-7H3,(H,33,34). The third kappa shape index (κ3) is 9.48. The molecule has 0 spiro atoms. The maximum Gasteiger partial charge on any atom is 0.460 e. The number of alkyl carbamates (subject to hydrolysis) is 1. The summed E-state index contributed by atoms with van der Waals surface area (Å²) in [4.78, 5) is 11.7. The van der Waals surface area contributed by atoms with Gasteiger partial charge in [0.15, 0.2) is 16.6 Å². The van der Waals surface area contributed by atoms with Crippen molar-refractivity contribution >= 4 is 31.3 Å². The molecule has 0 aromatic heterocycles. The molecule has 0 unspecified atom stereocenters. The average Bonchev–Trinajstić information content (AvgIpc) is 2.66. The molecule has 0 radical (unpaired) electrons. The molecular weight excluding hydrogens is 637 g/mol. The Morgan fingerprint density at radius 3 is 1.43 bits per heavy atom. The maximum atomic E-state index is 13.8. The molecule has 0 saturated heterocycles. The van der Waals surface area contributed by atoms with Gasteiger partial charge in [0.25, 0.3) is 0 Å². The van der Waals surface area contributed by atoms with Crippen molar-refractivity contribution in [2.45, 2.75) is 101 Å². The highest BCUT2D eigenvalue weighted by Gasteiger charge is 2.90. The average molecular weight is 670 g/mol. The second-order valence-electron chi connectivity index (χ2n) is 11.0. The minimum atomic E-state index is -7.97. The molecule has 21 heteroatoms. The zero-order valence-electron chi connectivity index (χ0n) is 22.6. The second kappa shape index (κ2) is 12.3. The predicted octanol–water partition coefficient (Wildman–Crippen LogP) is 8.01. The van der Waals surface area contributed by atoms with E-state index in [4.69, 9.17) is 8.23 Å². The van der Waals surface area contributed by atoms with Gasteiger partial charge in [0, 0.05) is 6.54 Å². The smallest absolute Gasteiger partial charge is 0.449 e. The zero-order valence-corrected chi connectivity index (χ0v) is 25.6. The van der Waals surface area contributed by atoms with Crippen LogP contribution in [0.4, 0.5) is 61.9 Å². The fourth-order valence-corrected chi connectivity index (χ4v) is 15.8. The molecule has 0 aliphatic carbocycles. The Balaban J connectivity index is 5.20. The van der Waals surface area contributed by atoms with Crippen LogP contribution in [0.25, 0.3) is 0 Å². The number of nitrogens with one attached hydrogen (secondary N) is 1. The van der Waals surface area contributed by atoms with E-state index in [0.29, 0.717) is 6.04 Å². The molecule has 0 bridgehead atoms. The van der Waals surface area contributed by atoms with Gasteiger partial charge in [-0.15, -0.1) is 0 Å². The summed E-state index contributed by atoms with van der Waals surface area (Å²) in [6, 6.07) is 0.359. The van der Waals surface area contributed by atoms with Gasteiger partial charge in [0.2, 0.25) is 0 Å². The molecule has 40 heavy (non-hydrogen) atoms. The van der Waals surface area contributed by atoms with Gasteiger partial charge in [-0.1, -0.05) is 0 Å². The van der Waals surface area contributed by atoms with Crippen molar-refractivity contribution in [3.05, 3.63) is 0 Å². The molecular formula is C19H32F13NO4Si3. The van der Waals surface area contributed by atoms with Crippen LogP contribution < -0.4 is 5.32 Å². The highest BCUT2D eigenvalue weighted by Crippen LogP contribution is 2.60. The van der Waals surface area contributed by atoms with E-state index in [9.17, 15) is 61.9 Å². The van der Waals surface area contributed by atoms with Crippen LogP contribution in [0.15, 0.2) is 0 Å². The Labute approximate surface area is 225 Å². The van der Waals surface area contributed by atoms with Crippen molar-refractivity contribution < 1.29 is 74.8 Å². The van der Waals surface area contributed by atoms with Crippen molar-refractivity contribution in [1.29, 1.82) is 0 Å². The first-order valence-electron chi connectivity index (χ1n) is 11.5. The van der Waals surface area contributed by atoms with Gasteiger partial charge in [-0.3, -0.25) is 0 Å². The maximum absolute atomic E-state index is 13.8. The first kappa shape index (κ1) is 38.9.